The summed E-state index contributed by atoms with van der Waals surface area (Å²) in [6.07, 6.45) is 0.242. The number of hydrogen-bond acceptors (Lipinski definition) is 6. The summed E-state index contributed by atoms with van der Waals surface area (Å²) in [5.74, 6) is -4.20. The topological polar surface area (TPSA) is 70.3 Å². The number of nitrogens with one attached hydrogen (secondary N) is 1. The minimum Gasteiger partial charge on any atom is -0.465 e. The Balaban J connectivity index is 1.70. The van der Waals surface area contributed by atoms with Gasteiger partial charge in [0, 0.05) is 44.3 Å². The summed E-state index contributed by atoms with van der Waals surface area (Å²) in [4.78, 5) is 16.3. The van der Waals surface area contributed by atoms with E-state index in [4.69, 9.17) is 9.15 Å². The maximum absolute atomic E-state index is 15.3. The van der Waals surface area contributed by atoms with Gasteiger partial charge in [-0.15, -0.1) is 0 Å². The first-order chi connectivity index (χ1) is 19.1. The third-order valence-corrected chi connectivity index (χ3v) is 7.67. The summed E-state index contributed by atoms with van der Waals surface area (Å²) in [5, 5.41) is 8.73. The molecule has 4 atom stereocenters. The number of carbonyl (C=O) groups is 1. The number of hydrazone groups is 1. The number of aryl methyl sites for hydroxylation is 1. The number of amides is 1. The summed E-state index contributed by atoms with van der Waals surface area (Å²) in [6.45, 7) is 4.51. The highest BCUT2D eigenvalue weighted by Gasteiger charge is 2.57. The molecule has 212 valence electrons. The molecule has 4 unspecified atom stereocenters. The molecule has 1 aromatic heterocycles. The van der Waals surface area contributed by atoms with Crippen LogP contribution < -0.4 is 10.3 Å². The lowest BCUT2D eigenvalue weighted by molar-refractivity contribution is -0.127. The van der Waals surface area contributed by atoms with E-state index < -0.39 is 46.7 Å². The van der Waals surface area contributed by atoms with Crippen LogP contribution in [0.4, 0.5) is 23.2 Å². The summed E-state index contributed by atoms with van der Waals surface area (Å²) < 4.78 is 69.9. The third kappa shape index (κ3) is 4.77. The number of hydrogen-bond donors (Lipinski definition) is 1. The SMILES string of the molecule is CCc1ccc(C2C(c3ccc(F)cc3F)=NN(c3ccc(F)cc3F)C2(C)C(=O)NC2CN(C)CC2OC)o1. The molecule has 0 bridgehead atoms. The third-order valence-electron chi connectivity index (χ3n) is 7.67. The Hall–Kier alpha value is -3.70. The van der Waals surface area contributed by atoms with E-state index >= 15 is 8.78 Å². The van der Waals surface area contributed by atoms with Gasteiger partial charge in [-0.05, 0) is 50.4 Å². The van der Waals surface area contributed by atoms with Gasteiger partial charge < -0.3 is 19.4 Å². The largest absolute Gasteiger partial charge is 0.465 e. The number of methoxy groups -OCH3 is 1. The van der Waals surface area contributed by atoms with Crippen LogP contribution in [-0.2, 0) is 16.0 Å². The molecule has 3 aromatic rings. The van der Waals surface area contributed by atoms with Gasteiger partial charge in [0.05, 0.1) is 29.5 Å². The van der Waals surface area contributed by atoms with Crippen LogP contribution in [0.2, 0.25) is 0 Å². The number of benzene rings is 2. The molecule has 1 saturated heterocycles. The monoisotopic (exact) mass is 558 g/mol. The summed E-state index contributed by atoms with van der Waals surface area (Å²) in [6, 6.07) is 8.90. The number of halogens is 4. The highest BCUT2D eigenvalue weighted by molar-refractivity contribution is 6.13. The van der Waals surface area contributed by atoms with Crippen LogP contribution >= 0.6 is 0 Å². The molecule has 0 aliphatic carbocycles. The van der Waals surface area contributed by atoms with Gasteiger partial charge in [-0.2, -0.15) is 5.10 Å². The molecule has 40 heavy (non-hydrogen) atoms. The van der Waals surface area contributed by atoms with Gasteiger partial charge >= 0.3 is 0 Å². The van der Waals surface area contributed by atoms with Gasteiger partial charge in [0.15, 0.2) is 11.4 Å². The van der Waals surface area contributed by atoms with Crippen molar-refractivity contribution in [1.29, 1.82) is 0 Å². The normalized spacial score (nSPS) is 24.9. The van der Waals surface area contributed by atoms with E-state index in [1.54, 1.807) is 26.2 Å². The van der Waals surface area contributed by atoms with E-state index in [9.17, 15) is 13.6 Å². The zero-order chi connectivity index (χ0) is 28.8. The lowest BCUT2D eigenvalue weighted by atomic mass is 9.78. The van der Waals surface area contributed by atoms with Crippen LogP contribution in [0.5, 0.6) is 0 Å². The van der Waals surface area contributed by atoms with Crippen molar-refractivity contribution >= 4 is 17.3 Å². The first-order valence-corrected chi connectivity index (χ1v) is 13.0. The van der Waals surface area contributed by atoms with Crippen molar-refractivity contribution in [3.63, 3.8) is 0 Å². The molecule has 5 rings (SSSR count). The van der Waals surface area contributed by atoms with Crippen molar-refractivity contribution in [2.24, 2.45) is 5.10 Å². The second-order valence-electron chi connectivity index (χ2n) is 10.3. The molecular formula is C29H30F4N4O3. The Morgan fingerprint density at radius 2 is 1.77 bits per heavy atom. The summed E-state index contributed by atoms with van der Waals surface area (Å²) in [5.41, 5.74) is -1.98. The van der Waals surface area contributed by atoms with Crippen LogP contribution in [0.25, 0.3) is 0 Å². The van der Waals surface area contributed by atoms with Crippen LogP contribution in [0.1, 0.15) is 36.8 Å². The zero-order valence-corrected chi connectivity index (χ0v) is 22.6. The molecule has 1 fully saturated rings. The fourth-order valence-electron chi connectivity index (χ4n) is 5.55. The lowest BCUT2D eigenvalue weighted by Gasteiger charge is -2.38. The van der Waals surface area contributed by atoms with Gasteiger partial charge in [-0.3, -0.25) is 4.79 Å². The Bertz CT molecular complexity index is 1460. The Kier molecular flexibility index (Phi) is 7.45. The van der Waals surface area contributed by atoms with E-state index in [-0.39, 0.29) is 28.8 Å². The molecule has 0 radical (unpaired) electrons. The second-order valence-corrected chi connectivity index (χ2v) is 10.3. The average molecular weight is 559 g/mol. The van der Waals surface area contributed by atoms with Gasteiger partial charge in [0.1, 0.15) is 29.0 Å². The molecule has 3 heterocycles. The molecule has 11 heteroatoms. The van der Waals surface area contributed by atoms with Crippen molar-refractivity contribution in [3.8, 4) is 0 Å². The van der Waals surface area contributed by atoms with Crippen LogP contribution in [0.3, 0.4) is 0 Å². The van der Waals surface area contributed by atoms with Crippen LogP contribution in [0, 0.1) is 23.3 Å². The molecule has 2 aliphatic heterocycles. The second kappa shape index (κ2) is 10.7. The molecule has 1 N–H and O–H groups in total. The molecule has 0 spiro atoms. The maximum Gasteiger partial charge on any atom is 0.249 e. The summed E-state index contributed by atoms with van der Waals surface area (Å²) >= 11 is 0. The van der Waals surface area contributed by atoms with Crippen molar-refractivity contribution in [1.82, 2.24) is 10.2 Å². The minimum absolute atomic E-state index is 0.0303. The summed E-state index contributed by atoms with van der Waals surface area (Å²) in [7, 11) is 3.45. The predicted molar refractivity (Wildman–Crippen MR) is 141 cm³/mol. The van der Waals surface area contributed by atoms with Crippen LogP contribution in [0.15, 0.2) is 58.0 Å². The van der Waals surface area contributed by atoms with Crippen molar-refractivity contribution in [3.05, 3.63) is 88.9 Å². The van der Waals surface area contributed by atoms with Crippen molar-refractivity contribution in [2.75, 3.05) is 32.3 Å². The van der Waals surface area contributed by atoms with Crippen molar-refractivity contribution in [2.45, 2.75) is 43.9 Å². The predicted octanol–water partition coefficient (Wildman–Crippen LogP) is 4.61. The number of carbonyl (C=O) groups excluding carboxylic acids is 1. The number of anilines is 1. The van der Waals surface area contributed by atoms with E-state index in [0.29, 0.717) is 37.4 Å². The van der Waals surface area contributed by atoms with Gasteiger partial charge in [-0.25, -0.2) is 22.6 Å². The van der Waals surface area contributed by atoms with Gasteiger partial charge in [0.2, 0.25) is 5.91 Å². The molecule has 1 amide bonds. The number of furan rings is 1. The quantitative estimate of drug-likeness (QED) is 0.429. The molecule has 2 aromatic carbocycles. The number of ether oxygens (including phenoxy) is 1. The number of likely N-dealkylation sites (tertiary alicyclic amines) is 1. The standard InChI is InChI=1S/C29H30F4N4O3/c1-5-18-8-11-24(40-18)26-27(19-9-6-16(30)12-20(19)32)35-37(23-10-7-17(31)13-21(23)33)29(26,2)28(38)34-22-14-36(3)15-25(22)39-4/h6-13,22,25-26H,5,14-15H2,1-4H3,(H,34,38). The van der Waals surface area contributed by atoms with E-state index in [2.05, 4.69) is 10.4 Å². The lowest BCUT2D eigenvalue weighted by Crippen LogP contribution is -2.60. The number of rotatable bonds is 7. The van der Waals surface area contributed by atoms with Gasteiger partial charge in [-0.1, -0.05) is 6.92 Å². The zero-order valence-electron chi connectivity index (χ0n) is 22.6. The Morgan fingerprint density at radius 3 is 2.40 bits per heavy atom. The Morgan fingerprint density at radius 1 is 1.07 bits per heavy atom. The smallest absolute Gasteiger partial charge is 0.249 e. The van der Waals surface area contributed by atoms with Crippen LogP contribution in [-0.4, -0.2) is 61.5 Å². The van der Waals surface area contributed by atoms with Gasteiger partial charge in [0.25, 0.3) is 0 Å². The fraction of sp³-hybridized carbons (Fsp3) is 0.379. The van der Waals surface area contributed by atoms with E-state index in [1.165, 1.54) is 12.1 Å². The number of nitrogens with zero attached hydrogens (tertiary/aromatic N) is 3. The average Bonchev–Trinajstić information content (AvgIpc) is 3.60. The highest BCUT2D eigenvalue weighted by atomic mass is 19.1. The first kappa shape index (κ1) is 27.9. The highest BCUT2D eigenvalue weighted by Crippen LogP contribution is 2.46. The van der Waals surface area contributed by atoms with Crippen molar-refractivity contribution < 1.29 is 31.5 Å². The van der Waals surface area contributed by atoms with E-state index in [0.717, 1.165) is 17.1 Å². The molecule has 2 aliphatic rings. The maximum atomic E-state index is 15.3. The Labute approximate surface area is 229 Å². The minimum atomic E-state index is -1.73. The van der Waals surface area contributed by atoms with E-state index in [1.807, 2.05) is 18.9 Å². The first-order valence-electron chi connectivity index (χ1n) is 13.0. The fourth-order valence-corrected chi connectivity index (χ4v) is 5.55. The molecule has 0 saturated carbocycles. The molecular weight excluding hydrogens is 528 g/mol. The number of likely N-dealkylation sites (N-methyl/N-ethyl adjacent to an activating group) is 1. The molecule has 7 nitrogen and oxygen atoms in total.